The zero-order valence-corrected chi connectivity index (χ0v) is 17.8. The lowest BCUT2D eigenvalue weighted by Crippen LogP contribution is -2.30. The molecule has 4 rings (SSSR count). The van der Waals surface area contributed by atoms with Crippen molar-refractivity contribution in [3.05, 3.63) is 65.7 Å². The molecule has 0 aliphatic carbocycles. The standard InChI is InChI=1S/C24H23F3N4O2/c25-24(26,27)16-8-10-17(11-9-16)29-21-15-19(18-5-1-2-6-20(18)30-21)23(33)28-12-4-14-31-13-3-7-22(31)32/h1-2,5-6,8-11,15H,3-4,7,12-14H2,(H,28,33)(H,29,30). The largest absolute Gasteiger partial charge is 0.416 e. The van der Waals surface area contributed by atoms with Crippen molar-refractivity contribution in [3.8, 4) is 0 Å². The molecule has 2 amide bonds. The highest BCUT2D eigenvalue weighted by Gasteiger charge is 2.30. The van der Waals surface area contributed by atoms with Gasteiger partial charge in [0.15, 0.2) is 0 Å². The highest BCUT2D eigenvalue weighted by molar-refractivity contribution is 6.07. The Bertz CT molecular complexity index is 1160. The Balaban J connectivity index is 1.48. The third-order valence-corrected chi connectivity index (χ3v) is 5.51. The number of hydrogen-bond acceptors (Lipinski definition) is 4. The number of carbonyl (C=O) groups excluding carboxylic acids is 2. The molecular weight excluding hydrogens is 433 g/mol. The molecular formula is C24H23F3N4O2. The number of amides is 2. The van der Waals surface area contributed by atoms with Crippen LogP contribution >= 0.6 is 0 Å². The predicted octanol–water partition coefficient (Wildman–Crippen LogP) is 4.74. The Morgan fingerprint density at radius 1 is 1.09 bits per heavy atom. The van der Waals surface area contributed by atoms with Gasteiger partial charge >= 0.3 is 6.18 Å². The Morgan fingerprint density at radius 2 is 1.85 bits per heavy atom. The third-order valence-electron chi connectivity index (χ3n) is 5.51. The van der Waals surface area contributed by atoms with Crippen molar-refractivity contribution in [1.82, 2.24) is 15.2 Å². The molecule has 33 heavy (non-hydrogen) atoms. The van der Waals surface area contributed by atoms with Crippen LogP contribution in [0.3, 0.4) is 0 Å². The van der Waals surface area contributed by atoms with Gasteiger partial charge in [0.2, 0.25) is 5.91 Å². The number of nitrogens with one attached hydrogen (secondary N) is 2. The summed E-state index contributed by atoms with van der Waals surface area (Å²) in [5.41, 5.74) is 0.678. The van der Waals surface area contributed by atoms with Gasteiger partial charge in [-0.05, 0) is 49.2 Å². The summed E-state index contributed by atoms with van der Waals surface area (Å²) in [6.07, 6.45) is -2.29. The van der Waals surface area contributed by atoms with Gasteiger partial charge in [-0.1, -0.05) is 18.2 Å². The van der Waals surface area contributed by atoms with Crippen molar-refractivity contribution >= 4 is 34.2 Å². The van der Waals surface area contributed by atoms with Crippen molar-refractivity contribution in [2.45, 2.75) is 25.4 Å². The number of fused-ring (bicyclic) bond motifs is 1. The highest BCUT2D eigenvalue weighted by atomic mass is 19.4. The van der Waals surface area contributed by atoms with E-state index in [0.717, 1.165) is 25.1 Å². The van der Waals surface area contributed by atoms with Gasteiger partial charge in [-0.15, -0.1) is 0 Å². The van der Waals surface area contributed by atoms with Crippen LogP contribution in [0.15, 0.2) is 54.6 Å². The number of halogens is 3. The molecule has 2 heterocycles. The van der Waals surface area contributed by atoms with E-state index in [0.29, 0.717) is 53.9 Å². The summed E-state index contributed by atoms with van der Waals surface area (Å²) in [6.45, 7) is 1.79. The fourth-order valence-electron chi connectivity index (χ4n) is 3.83. The van der Waals surface area contributed by atoms with E-state index < -0.39 is 11.7 Å². The fraction of sp³-hybridized carbons (Fsp3) is 0.292. The minimum Gasteiger partial charge on any atom is -0.352 e. The minimum atomic E-state index is -4.41. The number of hydrogen-bond donors (Lipinski definition) is 2. The van der Waals surface area contributed by atoms with E-state index in [9.17, 15) is 22.8 Å². The lowest BCUT2D eigenvalue weighted by Gasteiger charge is -2.16. The zero-order valence-electron chi connectivity index (χ0n) is 17.8. The molecule has 1 saturated heterocycles. The molecule has 2 N–H and O–H groups in total. The molecule has 1 aromatic heterocycles. The van der Waals surface area contributed by atoms with Crippen LogP contribution < -0.4 is 10.6 Å². The van der Waals surface area contributed by atoms with Crippen LogP contribution in [0.1, 0.15) is 35.2 Å². The summed E-state index contributed by atoms with van der Waals surface area (Å²) >= 11 is 0. The summed E-state index contributed by atoms with van der Waals surface area (Å²) in [6, 6.07) is 13.4. The second-order valence-electron chi connectivity index (χ2n) is 7.87. The number of aromatic nitrogens is 1. The third kappa shape index (κ3) is 5.42. The summed E-state index contributed by atoms with van der Waals surface area (Å²) in [7, 11) is 0. The van der Waals surface area contributed by atoms with E-state index in [1.165, 1.54) is 12.1 Å². The molecule has 0 unspecified atom stereocenters. The lowest BCUT2D eigenvalue weighted by molar-refractivity contribution is -0.137. The summed E-state index contributed by atoms with van der Waals surface area (Å²) < 4.78 is 38.4. The smallest absolute Gasteiger partial charge is 0.352 e. The molecule has 9 heteroatoms. The van der Waals surface area contributed by atoms with Crippen LogP contribution in [0.2, 0.25) is 0 Å². The van der Waals surface area contributed by atoms with E-state index in [4.69, 9.17) is 0 Å². The second kappa shape index (κ2) is 9.48. The SMILES string of the molecule is O=C(NCCCN1CCCC1=O)c1cc(Nc2ccc(C(F)(F)F)cc2)nc2ccccc12. The number of likely N-dealkylation sites (tertiary alicyclic amines) is 1. The van der Waals surface area contributed by atoms with Crippen molar-refractivity contribution in [1.29, 1.82) is 0 Å². The second-order valence-corrected chi connectivity index (χ2v) is 7.87. The van der Waals surface area contributed by atoms with E-state index in [-0.39, 0.29) is 11.8 Å². The lowest BCUT2D eigenvalue weighted by atomic mass is 10.1. The first-order valence-electron chi connectivity index (χ1n) is 10.7. The predicted molar refractivity (Wildman–Crippen MR) is 119 cm³/mol. The molecule has 1 fully saturated rings. The quantitative estimate of drug-likeness (QED) is 0.504. The minimum absolute atomic E-state index is 0.153. The monoisotopic (exact) mass is 456 g/mol. The molecule has 0 spiro atoms. The zero-order chi connectivity index (χ0) is 23.4. The van der Waals surface area contributed by atoms with E-state index in [2.05, 4.69) is 15.6 Å². The van der Waals surface area contributed by atoms with Crippen molar-refractivity contribution < 1.29 is 22.8 Å². The first kappa shape index (κ1) is 22.6. The van der Waals surface area contributed by atoms with Gasteiger partial charge in [0.25, 0.3) is 5.91 Å². The highest BCUT2D eigenvalue weighted by Crippen LogP contribution is 2.30. The summed E-state index contributed by atoms with van der Waals surface area (Å²) in [4.78, 5) is 30.9. The Morgan fingerprint density at radius 3 is 2.55 bits per heavy atom. The van der Waals surface area contributed by atoms with E-state index in [1.54, 1.807) is 29.2 Å². The van der Waals surface area contributed by atoms with Crippen molar-refractivity contribution in [2.75, 3.05) is 25.0 Å². The number of benzene rings is 2. The van der Waals surface area contributed by atoms with Crippen LogP contribution in [-0.4, -0.2) is 41.3 Å². The normalized spacial score (nSPS) is 14.0. The maximum absolute atomic E-state index is 12.9. The molecule has 0 atom stereocenters. The Kier molecular flexibility index (Phi) is 6.48. The van der Waals surface area contributed by atoms with Gasteiger partial charge < -0.3 is 15.5 Å². The van der Waals surface area contributed by atoms with Gasteiger partial charge in [0.05, 0.1) is 16.6 Å². The maximum Gasteiger partial charge on any atom is 0.416 e. The average Bonchev–Trinajstić information content (AvgIpc) is 3.20. The molecule has 0 radical (unpaired) electrons. The molecule has 3 aromatic rings. The van der Waals surface area contributed by atoms with Crippen LogP contribution in [0.4, 0.5) is 24.7 Å². The Labute approximate surface area is 188 Å². The van der Waals surface area contributed by atoms with E-state index >= 15 is 0 Å². The van der Waals surface area contributed by atoms with Gasteiger partial charge in [0.1, 0.15) is 5.82 Å². The topological polar surface area (TPSA) is 74.3 Å². The van der Waals surface area contributed by atoms with Crippen LogP contribution in [0, 0.1) is 0 Å². The number of anilines is 2. The van der Waals surface area contributed by atoms with Crippen LogP contribution in [-0.2, 0) is 11.0 Å². The number of carbonyl (C=O) groups is 2. The first-order chi connectivity index (χ1) is 15.8. The number of nitrogens with zero attached hydrogens (tertiary/aromatic N) is 2. The number of rotatable bonds is 7. The van der Waals surface area contributed by atoms with Crippen molar-refractivity contribution in [2.24, 2.45) is 0 Å². The molecule has 2 aromatic carbocycles. The molecule has 1 aliphatic rings. The van der Waals surface area contributed by atoms with Gasteiger partial charge in [-0.25, -0.2) is 4.98 Å². The molecule has 172 valence electrons. The molecule has 0 bridgehead atoms. The molecule has 1 aliphatic heterocycles. The molecule has 6 nitrogen and oxygen atoms in total. The van der Waals surface area contributed by atoms with Gasteiger partial charge in [0, 0.05) is 37.1 Å². The van der Waals surface area contributed by atoms with Crippen molar-refractivity contribution in [3.63, 3.8) is 0 Å². The maximum atomic E-state index is 12.9. The van der Waals surface area contributed by atoms with Gasteiger partial charge in [-0.3, -0.25) is 9.59 Å². The van der Waals surface area contributed by atoms with Crippen LogP contribution in [0.25, 0.3) is 10.9 Å². The number of para-hydroxylation sites is 1. The summed E-state index contributed by atoms with van der Waals surface area (Å²) in [5, 5.41) is 6.53. The average molecular weight is 456 g/mol. The molecule has 0 saturated carbocycles. The summed E-state index contributed by atoms with van der Waals surface area (Å²) in [5.74, 6) is 0.221. The fourth-order valence-corrected chi connectivity index (χ4v) is 3.83. The number of alkyl halides is 3. The number of pyridine rings is 1. The first-order valence-corrected chi connectivity index (χ1v) is 10.7. The van der Waals surface area contributed by atoms with Gasteiger partial charge in [-0.2, -0.15) is 13.2 Å². The van der Waals surface area contributed by atoms with Crippen LogP contribution in [0.5, 0.6) is 0 Å². The Hall–Kier alpha value is -3.62. The van der Waals surface area contributed by atoms with E-state index in [1.807, 2.05) is 6.07 Å².